The third kappa shape index (κ3) is 4.97. The van der Waals surface area contributed by atoms with Crippen LogP contribution in [0.3, 0.4) is 0 Å². The molecule has 0 heterocycles. The van der Waals surface area contributed by atoms with Gasteiger partial charge in [-0.2, -0.15) is 0 Å². The van der Waals surface area contributed by atoms with Gasteiger partial charge in [0.05, 0.1) is 16.3 Å². The van der Waals surface area contributed by atoms with E-state index in [1.54, 1.807) is 44.4 Å². The lowest BCUT2D eigenvalue weighted by atomic mass is 10.2. The van der Waals surface area contributed by atoms with Crippen LogP contribution >= 0.6 is 23.4 Å². The number of thioether (sulfide) groups is 1. The minimum absolute atomic E-state index is 0.182. The van der Waals surface area contributed by atoms with Crippen LogP contribution in [0.4, 0.5) is 10.1 Å². The molecule has 2 aromatic rings. The molecule has 0 bridgehead atoms. The fraction of sp³-hybridized carbons (Fsp3) is 0.176. The summed E-state index contributed by atoms with van der Waals surface area (Å²) in [4.78, 5) is 26.1. The number of nitrogens with one attached hydrogen (secondary N) is 1. The summed E-state index contributed by atoms with van der Waals surface area (Å²) in [6.45, 7) is 0. The van der Waals surface area contributed by atoms with Gasteiger partial charge in [0, 0.05) is 24.7 Å². The molecule has 0 saturated carbocycles. The maximum Gasteiger partial charge on any atom is 0.254 e. The van der Waals surface area contributed by atoms with E-state index in [-0.39, 0.29) is 28.4 Å². The third-order valence-electron chi connectivity index (χ3n) is 3.07. The fourth-order valence-electron chi connectivity index (χ4n) is 1.88. The molecule has 126 valence electrons. The van der Waals surface area contributed by atoms with Crippen molar-refractivity contribution in [2.75, 3.05) is 25.2 Å². The van der Waals surface area contributed by atoms with Crippen molar-refractivity contribution >= 4 is 40.9 Å². The van der Waals surface area contributed by atoms with Crippen molar-refractivity contribution in [2.24, 2.45) is 0 Å². The van der Waals surface area contributed by atoms with Crippen LogP contribution in [-0.4, -0.2) is 36.6 Å². The lowest BCUT2D eigenvalue weighted by Gasteiger charge is -2.12. The number of carbonyl (C=O) groups is 2. The zero-order valence-electron chi connectivity index (χ0n) is 13.2. The first-order chi connectivity index (χ1) is 11.4. The minimum Gasteiger partial charge on any atom is -0.345 e. The zero-order valence-corrected chi connectivity index (χ0v) is 14.7. The van der Waals surface area contributed by atoms with Gasteiger partial charge >= 0.3 is 0 Å². The van der Waals surface area contributed by atoms with Gasteiger partial charge in [0.25, 0.3) is 5.91 Å². The molecule has 1 N–H and O–H groups in total. The summed E-state index contributed by atoms with van der Waals surface area (Å²) in [5, 5.41) is 2.99. The van der Waals surface area contributed by atoms with E-state index in [4.69, 9.17) is 11.6 Å². The second-order valence-corrected chi connectivity index (χ2v) is 6.64. The molecule has 0 aliphatic rings. The van der Waals surface area contributed by atoms with E-state index in [9.17, 15) is 14.0 Å². The Kier molecular flexibility index (Phi) is 6.23. The molecule has 0 radical (unpaired) electrons. The smallest absolute Gasteiger partial charge is 0.254 e. The molecule has 2 amide bonds. The van der Waals surface area contributed by atoms with Crippen LogP contribution in [0.15, 0.2) is 47.4 Å². The molecule has 7 heteroatoms. The number of rotatable bonds is 5. The van der Waals surface area contributed by atoms with Crippen LogP contribution in [0, 0.1) is 5.82 Å². The monoisotopic (exact) mass is 366 g/mol. The average molecular weight is 367 g/mol. The van der Waals surface area contributed by atoms with Gasteiger partial charge < -0.3 is 10.2 Å². The number of halogens is 2. The number of carbonyl (C=O) groups excluding carboxylic acids is 2. The molecule has 0 aliphatic carbocycles. The summed E-state index contributed by atoms with van der Waals surface area (Å²) < 4.78 is 12.8. The van der Waals surface area contributed by atoms with Crippen molar-refractivity contribution in [1.82, 2.24) is 4.90 Å². The summed E-state index contributed by atoms with van der Waals surface area (Å²) in [5.74, 6) is -0.552. The largest absolute Gasteiger partial charge is 0.345 e. The highest BCUT2D eigenvalue weighted by atomic mass is 35.5. The van der Waals surface area contributed by atoms with Gasteiger partial charge in [-0.05, 0) is 42.5 Å². The van der Waals surface area contributed by atoms with Gasteiger partial charge in [-0.1, -0.05) is 11.6 Å². The van der Waals surface area contributed by atoms with E-state index < -0.39 is 0 Å². The van der Waals surface area contributed by atoms with E-state index in [0.717, 1.165) is 4.90 Å². The van der Waals surface area contributed by atoms with E-state index in [1.165, 1.54) is 28.8 Å². The van der Waals surface area contributed by atoms with Gasteiger partial charge in [0.15, 0.2) is 0 Å². The van der Waals surface area contributed by atoms with E-state index in [1.807, 2.05) is 0 Å². The van der Waals surface area contributed by atoms with Crippen LogP contribution in [0.1, 0.15) is 10.4 Å². The summed E-state index contributed by atoms with van der Waals surface area (Å²) in [6, 6.07) is 10.7. The quantitative estimate of drug-likeness (QED) is 0.816. The Balaban J connectivity index is 1.95. The standard InChI is InChI=1S/C17H16ClFN2O2S/c1-21(2)17(23)14-8-5-12(9-15(14)18)20-16(22)10-24-13-6-3-11(19)4-7-13/h3-9H,10H2,1-2H3,(H,20,22). The molecule has 0 aliphatic heterocycles. The maximum absolute atomic E-state index is 12.8. The molecule has 0 fully saturated rings. The Bertz CT molecular complexity index is 751. The first-order valence-corrected chi connectivity index (χ1v) is 8.42. The van der Waals surface area contributed by atoms with Crippen molar-refractivity contribution < 1.29 is 14.0 Å². The second kappa shape index (κ2) is 8.17. The van der Waals surface area contributed by atoms with Crippen molar-refractivity contribution in [3.05, 3.63) is 58.9 Å². The van der Waals surface area contributed by atoms with Crippen LogP contribution in [0.25, 0.3) is 0 Å². The predicted octanol–water partition coefficient (Wildman–Crippen LogP) is 3.91. The first kappa shape index (κ1) is 18.3. The van der Waals surface area contributed by atoms with Crippen LogP contribution < -0.4 is 5.32 Å². The SMILES string of the molecule is CN(C)C(=O)c1ccc(NC(=O)CSc2ccc(F)cc2)cc1Cl. The highest BCUT2D eigenvalue weighted by Gasteiger charge is 2.13. The van der Waals surface area contributed by atoms with Gasteiger partial charge in [0.2, 0.25) is 5.91 Å². The summed E-state index contributed by atoms with van der Waals surface area (Å²) in [6.07, 6.45) is 0. The second-order valence-electron chi connectivity index (χ2n) is 5.18. The molecule has 2 rings (SSSR count). The van der Waals surface area contributed by atoms with Crippen LogP contribution in [0.2, 0.25) is 5.02 Å². The lowest BCUT2D eigenvalue weighted by Crippen LogP contribution is -2.22. The van der Waals surface area contributed by atoms with Gasteiger partial charge in [-0.3, -0.25) is 9.59 Å². The first-order valence-electron chi connectivity index (χ1n) is 7.06. The van der Waals surface area contributed by atoms with Crippen LogP contribution in [-0.2, 0) is 4.79 Å². The van der Waals surface area contributed by atoms with E-state index >= 15 is 0 Å². The van der Waals surface area contributed by atoms with Gasteiger partial charge in [-0.25, -0.2) is 4.39 Å². The summed E-state index contributed by atoms with van der Waals surface area (Å²) in [7, 11) is 3.28. The molecule has 4 nitrogen and oxygen atoms in total. The Morgan fingerprint density at radius 1 is 1.17 bits per heavy atom. The average Bonchev–Trinajstić information content (AvgIpc) is 2.54. The van der Waals surface area contributed by atoms with Crippen LogP contribution in [0.5, 0.6) is 0 Å². The number of benzene rings is 2. The zero-order chi connectivity index (χ0) is 17.7. The Hall–Kier alpha value is -2.05. The van der Waals surface area contributed by atoms with Crippen molar-refractivity contribution in [3.8, 4) is 0 Å². The topological polar surface area (TPSA) is 49.4 Å². The molecule has 0 saturated heterocycles. The van der Waals surface area contributed by atoms with Crippen molar-refractivity contribution in [1.29, 1.82) is 0 Å². The van der Waals surface area contributed by atoms with E-state index in [0.29, 0.717) is 11.3 Å². The number of hydrogen-bond acceptors (Lipinski definition) is 3. The van der Waals surface area contributed by atoms with Crippen molar-refractivity contribution in [2.45, 2.75) is 4.90 Å². The number of hydrogen-bond donors (Lipinski definition) is 1. The molecule has 0 atom stereocenters. The molecule has 0 unspecified atom stereocenters. The predicted molar refractivity (Wildman–Crippen MR) is 95.2 cm³/mol. The molecule has 2 aromatic carbocycles. The highest BCUT2D eigenvalue weighted by Crippen LogP contribution is 2.23. The maximum atomic E-state index is 12.8. The lowest BCUT2D eigenvalue weighted by molar-refractivity contribution is -0.113. The molecule has 0 spiro atoms. The summed E-state index contributed by atoms with van der Waals surface area (Å²) in [5.41, 5.74) is 0.889. The Labute approximate surface area is 149 Å². The molecular weight excluding hydrogens is 351 g/mol. The minimum atomic E-state index is -0.314. The Morgan fingerprint density at radius 2 is 1.83 bits per heavy atom. The number of anilines is 1. The highest BCUT2D eigenvalue weighted by molar-refractivity contribution is 8.00. The fourth-order valence-corrected chi connectivity index (χ4v) is 2.84. The number of amides is 2. The normalized spacial score (nSPS) is 10.3. The van der Waals surface area contributed by atoms with Crippen molar-refractivity contribution in [3.63, 3.8) is 0 Å². The van der Waals surface area contributed by atoms with Gasteiger partial charge in [-0.15, -0.1) is 11.8 Å². The summed E-state index contributed by atoms with van der Waals surface area (Å²) >= 11 is 7.40. The third-order valence-corrected chi connectivity index (χ3v) is 4.40. The molecule has 24 heavy (non-hydrogen) atoms. The number of nitrogens with zero attached hydrogens (tertiary/aromatic N) is 1. The molecule has 0 aromatic heterocycles. The van der Waals surface area contributed by atoms with E-state index in [2.05, 4.69) is 5.32 Å². The Morgan fingerprint density at radius 3 is 2.42 bits per heavy atom. The molecular formula is C17H16ClFN2O2S. The van der Waals surface area contributed by atoms with Gasteiger partial charge in [0.1, 0.15) is 5.82 Å².